The van der Waals surface area contributed by atoms with Crippen LogP contribution in [0, 0.1) is 11.6 Å². The highest BCUT2D eigenvalue weighted by atomic mass is 35.5. The fraction of sp³-hybridized carbons (Fsp3) is 0.227. The highest BCUT2D eigenvalue weighted by molar-refractivity contribution is 7.22. The van der Waals surface area contributed by atoms with Gasteiger partial charge in [0.15, 0.2) is 22.4 Å². The maximum Gasteiger partial charge on any atom is 0.263 e. The first-order chi connectivity index (χ1) is 15.5. The summed E-state index contributed by atoms with van der Waals surface area (Å²) in [7, 11) is 2.94. The number of nitrogens with zero attached hydrogens (tertiary/aromatic N) is 4. The number of methoxy groups -OCH3 is 2. The van der Waals surface area contributed by atoms with Crippen LogP contribution in [0.2, 0.25) is 0 Å². The van der Waals surface area contributed by atoms with E-state index >= 15 is 0 Å². The Labute approximate surface area is 199 Å². The molecule has 2 aromatic carbocycles. The number of para-hydroxylation sites is 1. The minimum Gasteiger partial charge on any atom is -0.493 e. The number of carbonyl (C=O) groups is 1. The summed E-state index contributed by atoms with van der Waals surface area (Å²) >= 11 is 1.05. The van der Waals surface area contributed by atoms with Crippen LogP contribution < -0.4 is 14.4 Å². The fourth-order valence-electron chi connectivity index (χ4n) is 3.38. The van der Waals surface area contributed by atoms with Gasteiger partial charge in [-0.15, -0.1) is 12.4 Å². The van der Waals surface area contributed by atoms with Crippen LogP contribution in [0.15, 0.2) is 49.1 Å². The molecule has 2 heterocycles. The highest BCUT2D eigenvalue weighted by Crippen LogP contribution is 2.35. The summed E-state index contributed by atoms with van der Waals surface area (Å²) in [4.78, 5) is 23.4. The standard InChI is InChI=1S/C22H20F2N4O3S.ClH/c1-30-17-6-3-5-15(20(17)31-2)21(29)28(9-4-8-27-10-7-25-13-27)22-26-19-16(24)11-14(23)12-18(19)32-22;/h3,5-7,10-13H,4,8-9H2,1-2H3;1H. The molecule has 0 spiro atoms. The van der Waals surface area contributed by atoms with Gasteiger partial charge in [-0.05, 0) is 24.6 Å². The quantitative estimate of drug-likeness (QED) is 0.347. The lowest BCUT2D eigenvalue weighted by Gasteiger charge is -2.22. The van der Waals surface area contributed by atoms with Gasteiger partial charge in [-0.1, -0.05) is 17.4 Å². The molecule has 0 fully saturated rings. The lowest BCUT2D eigenvalue weighted by Crippen LogP contribution is -2.32. The van der Waals surface area contributed by atoms with Gasteiger partial charge in [-0.25, -0.2) is 18.7 Å². The molecule has 2 aromatic heterocycles. The van der Waals surface area contributed by atoms with Crippen molar-refractivity contribution >= 4 is 45.0 Å². The highest BCUT2D eigenvalue weighted by Gasteiger charge is 2.26. The van der Waals surface area contributed by atoms with Gasteiger partial charge in [0.2, 0.25) is 0 Å². The Kier molecular flexibility index (Phi) is 7.83. The molecule has 4 aromatic rings. The second-order valence-electron chi connectivity index (χ2n) is 6.88. The van der Waals surface area contributed by atoms with Crippen LogP contribution in [0.3, 0.4) is 0 Å². The molecule has 4 rings (SSSR count). The molecule has 0 aliphatic rings. The molecule has 0 unspecified atom stereocenters. The van der Waals surface area contributed by atoms with Gasteiger partial charge in [0.05, 0.1) is 30.8 Å². The number of amides is 1. The molecule has 11 heteroatoms. The van der Waals surface area contributed by atoms with E-state index in [-0.39, 0.29) is 40.3 Å². The van der Waals surface area contributed by atoms with E-state index in [0.29, 0.717) is 30.0 Å². The summed E-state index contributed by atoms with van der Waals surface area (Å²) in [5.41, 5.74) is 0.303. The summed E-state index contributed by atoms with van der Waals surface area (Å²) < 4.78 is 40.9. The molecular formula is C22H21ClF2N4O3S. The molecule has 7 nitrogen and oxygen atoms in total. The Balaban J connectivity index is 0.00000306. The molecule has 0 saturated heterocycles. The number of ether oxygens (including phenoxy) is 2. The number of halogens is 3. The van der Waals surface area contributed by atoms with Crippen molar-refractivity contribution in [3.8, 4) is 11.5 Å². The average Bonchev–Trinajstić information content (AvgIpc) is 3.45. The SMILES string of the molecule is COc1cccc(C(=O)N(CCCn2ccnc2)c2nc3c(F)cc(F)cc3s2)c1OC.Cl. The average molecular weight is 495 g/mol. The smallest absolute Gasteiger partial charge is 0.263 e. The zero-order valence-corrected chi connectivity index (χ0v) is 19.5. The van der Waals surface area contributed by atoms with Gasteiger partial charge < -0.3 is 14.0 Å². The normalized spacial score (nSPS) is 10.7. The number of anilines is 1. The summed E-state index contributed by atoms with van der Waals surface area (Å²) in [5, 5.41) is 0.269. The van der Waals surface area contributed by atoms with Gasteiger partial charge in [0.1, 0.15) is 11.3 Å². The Morgan fingerprint density at radius 1 is 1.21 bits per heavy atom. The van der Waals surface area contributed by atoms with Crippen LogP contribution in [-0.4, -0.2) is 41.2 Å². The first-order valence-electron chi connectivity index (χ1n) is 9.76. The first-order valence-corrected chi connectivity index (χ1v) is 10.6. The Hall–Kier alpha value is -3.24. The Morgan fingerprint density at radius 2 is 2.03 bits per heavy atom. The topological polar surface area (TPSA) is 69.5 Å². The molecule has 33 heavy (non-hydrogen) atoms. The second kappa shape index (κ2) is 10.6. The molecular weight excluding hydrogens is 474 g/mol. The summed E-state index contributed by atoms with van der Waals surface area (Å²) in [5.74, 6) is -1.15. The van der Waals surface area contributed by atoms with Crippen LogP contribution in [0.1, 0.15) is 16.8 Å². The third-order valence-corrected chi connectivity index (χ3v) is 5.89. The van der Waals surface area contributed by atoms with E-state index in [1.54, 1.807) is 30.7 Å². The van der Waals surface area contributed by atoms with Crippen molar-refractivity contribution in [2.75, 3.05) is 25.7 Å². The minimum atomic E-state index is -0.771. The second-order valence-corrected chi connectivity index (χ2v) is 7.89. The van der Waals surface area contributed by atoms with E-state index < -0.39 is 11.6 Å². The summed E-state index contributed by atoms with van der Waals surface area (Å²) in [6, 6.07) is 6.99. The van der Waals surface area contributed by atoms with Crippen molar-refractivity contribution in [1.82, 2.24) is 14.5 Å². The van der Waals surface area contributed by atoms with Crippen molar-refractivity contribution in [2.24, 2.45) is 0 Å². The molecule has 0 atom stereocenters. The van der Waals surface area contributed by atoms with Crippen molar-refractivity contribution < 1.29 is 23.0 Å². The molecule has 0 radical (unpaired) electrons. The zero-order valence-electron chi connectivity index (χ0n) is 17.8. The predicted molar refractivity (Wildman–Crippen MR) is 125 cm³/mol. The number of thiazole rings is 1. The maximum absolute atomic E-state index is 14.3. The number of hydrogen-bond acceptors (Lipinski definition) is 6. The van der Waals surface area contributed by atoms with Crippen molar-refractivity contribution in [3.05, 3.63) is 66.3 Å². The lowest BCUT2D eigenvalue weighted by molar-refractivity contribution is 0.0982. The van der Waals surface area contributed by atoms with Crippen LogP contribution in [-0.2, 0) is 6.54 Å². The number of benzene rings is 2. The van der Waals surface area contributed by atoms with Gasteiger partial charge in [-0.2, -0.15) is 0 Å². The van der Waals surface area contributed by atoms with Gasteiger partial charge in [-0.3, -0.25) is 9.69 Å². The van der Waals surface area contributed by atoms with E-state index in [0.717, 1.165) is 17.4 Å². The predicted octanol–water partition coefficient (Wildman–Crippen LogP) is 4.95. The minimum absolute atomic E-state index is 0. The van der Waals surface area contributed by atoms with E-state index in [1.165, 1.54) is 25.2 Å². The van der Waals surface area contributed by atoms with Crippen LogP contribution in [0.4, 0.5) is 13.9 Å². The van der Waals surface area contributed by atoms with E-state index in [4.69, 9.17) is 9.47 Å². The number of imidazole rings is 1. The molecule has 1 amide bonds. The first kappa shape index (κ1) is 24.4. The van der Waals surface area contributed by atoms with E-state index in [9.17, 15) is 13.6 Å². The van der Waals surface area contributed by atoms with E-state index in [1.807, 2.05) is 10.8 Å². The number of fused-ring (bicyclic) bond motifs is 1. The van der Waals surface area contributed by atoms with E-state index in [2.05, 4.69) is 9.97 Å². The van der Waals surface area contributed by atoms with Crippen molar-refractivity contribution in [1.29, 1.82) is 0 Å². The number of aromatic nitrogens is 3. The number of aryl methyl sites for hydroxylation is 1. The monoisotopic (exact) mass is 494 g/mol. The van der Waals surface area contributed by atoms with Crippen molar-refractivity contribution in [3.63, 3.8) is 0 Å². The van der Waals surface area contributed by atoms with Gasteiger partial charge >= 0.3 is 0 Å². The maximum atomic E-state index is 14.3. The zero-order chi connectivity index (χ0) is 22.7. The van der Waals surface area contributed by atoms with Crippen LogP contribution in [0.5, 0.6) is 11.5 Å². The third kappa shape index (κ3) is 5.07. The number of hydrogen-bond donors (Lipinski definition) is 0. The summed E-state index contributed by atoms with van der Waals surface area (Å²) in [6.07, 6.45) is 5.77. The lowest BCUT2D eigenvalue weighted by atomic mass is 10.1. The number of rotatable bonds is 8. The molecule has 0 aliphatic carbocycles. The van der Waals surface area contributed by atoms with Gasteiger partial charge in [0, 0.05) is 31.5 Å². The van der Waals surface area contributed by atoms with Crippen LogP contribution in [0.25, 0.3) is 10.2 Å². The molecule has 0 aliphatic heterocycles. The molecule has 0 saturated carbocycles. The molecule has 0 bridgehead atoms. The number of carbonyl (C=O) groups excluding carboxylic acids is 1. The largest absolute Gasteiger partial charge is 0.493 e. The Bertz CT molecular complexity index is 1250. The van der Waals surface area contributed by atoms with Gasteiger partial charge in [0.25, 0.3) is 5.91 Å². The molecule has 0 N–H and O–H groups in total. The van der Waals surface area contributed by atoms with Crippen molar-refractivity contribution in [2.45, 2.75) is 13.0 Å². The molecule has 174 valence electrons. The third-order valence-electron chi connectivity index (χ3n) is 4.87. The fourth-order valence-corrected chi connectivity index (χ4v) is 4.41. The Morgan fingerprint density at radius 3 is 2.73 bits per heavy atom. The summed E-state index contributed by atoms with van der Waals surface area (Å²) in [6.45, 7) is 0.911. The van der Waals surface area contributed by atoms with Crippen LogP contribution >= 0.6 is 23.7 Å².